The van der Waals surface area contributed by atoms with E-state index in [1.807, 2.05) is 17.0 Å². The van der Waals surface area contributed by atoms with Crippen LogP contribution in [0.2, 0.25) is 10.0 Å². The first kappa shape index (κ1) is 23.5. The highest BCUT2D eigenvalue weighted by molar-refractivity contribution is 7.88. The van der Waals surface area contributed by atoms with Gasteiger partial charge in [0.2, 0.25) is 10.0 Å². The van der Waals surface area contributed by atoms with Gasteiger partial charge in [-0.1, -0.05) is 23.2 Å². The Balaban J connectivity index is 1.91. The van der Waals surface area contributed by atoms with Gasteiger partial charge in [0.25, 0.3) is 0 Å². The van der Waals surface area contributed by atoms with Crippen LogP contribution in [0, 0.1) is 0 Å². The Hall–Kier alpha value is -2.14. The third-order valence-electron chi connectivity index (χ3n) is 4.96. The molecule has 2 aromatic rings. The highest BCUT2D eigenvalue weighted by atomic mass is 35.5. The lowest BCUT2D eigenvalue weighted by atomic mass is 10.1. The van der Waals surface area contributed by atoms with Gasteiger partial charge in [-0.25, -0.2) is 13.4 Å². The second-order valence-electron chi connectivity index (χ2n) is 7.20. The van der Waals surface area contributed by atoms with Crippen molar-refractivity contribution in [2.75, 3.05) is 55.8 Å². The van der Waals surface area contributed by atoms with E-state index in [-0.39, 0.29) is 19.5 Å². The van der Waals surface area contributed by atoms with E-state index in [4.69, 9.17) is 28.3 Å². The zero-order valence-electron chi connectivity index (χ0n) is 17.1. The lowest BCUT2D eigenvalue weighted by Crippen LogP contribution is -2.38. The smallest absolute Gasteiger partial charge is 0.304 e. The molecule has 12 heteroatoms. The SMILES string of the molecule is CN(CCN(CCC(=O)O)S(C)(=O)=O)c1cc(N2C=NCC2)c2ccc(Cl)c(Cl)c2n1. The number of carboxylic acids is 1. The molecule has 3 rings (SSSR count). The van der Waals surface area contributed by atoms with Crippen LogP contribution in [-0.2, 0) is 14.8 Å². The van der Waals surface area contributed by atoms with E-state index in [1.165, 1.54) is 0 Å². The maximum atomic E-state index is 12.0. The summed E-state index contributed by atoms with van der Waals surface area (Å²) in [7, 11) is -1.76. The Labute approximate surface area is 190 Å². The van der Waals surface area contributed by atoms with Gasteiger partial charge in [-0.15, -0.1) is 0 Å². The molecular weight excluding hydrogens is 465 g/mol. The number of sulfonamides is 1. The zero-order valence-corrected chi connectivity index (χ0v) is 19.5. The number of aromatic nitrogens is 1. The number of aliphatic imine (C=N–C) groups is 1. The van der Waals surface area contributed by atoms with Crippen LogP contribution in [0.25, 0.3) is 10.9 Å². The molecule has 0 spiro atoms. The van der Waals surface area contributed by atoms with Crippen LogP contribution in [-0.4, -0.2) is 81.1 Å². The molecular formula is C19H23Cl2N5O4S. The van der Waals surface area contributed by atoms with Crippen molar-refractivity contribution in [1.29, 1.82) is 0 Å². The predicted octanol–water partition coefficient (Wildman–Crippen LogP) is 2.56. The summed E-state index contributed by atoms with van der Waals surface area (Å²) in [5.74, 6) is -0.472. The summed E-state index contributed by atoms with van der Waals surface area (Å²) in [6.07, 6.45) is 2.56. The van der Waals surface area contributed by atoms with Crippen molar-refractivity contribution in [3.63, 3.8) is 0 Å². The van der Waals surface area contributed by atoms with E-state index in [9.17, 15) is 13.2 Å². The van der Waals surface area contributed by atoms with Gasteiger partial charge in [0.1, 0.15) is 5.82 Å². The summed E-state index contributed by atoms with van der Waals surface area (Å²) in [5, 5.41) is 10.4. The Kier molecular flexibility index (Phi) is 7.25. The second kappa shape index (κ2) is 9.56. The molecule has 1 aromatic heterocycles. The highest BCUT2D eigenvalue weighted by Crippen LogP contribution is 2.37. The van der Waals surface area contributed by atoms with Crippen molar-refractivity contribution in [2.24, 2.45) is 4.99 Å². The van der Waals surface area contributed by atoms with Crippen molar-refractivity contribution in [3.05, 3.63) is 28.2 Å². The van der Waals surface area contributed by atoms with Crippen molar-refractivity contribution in [1.82, 2.24) is 9.29 Å². The summed E-state index contributed by atoms with van der Waals surface area (Å²) in [4.78, 5) is 23.6. The van der Waals surface area contributed by atoms with Crippen LogP contribution in [0.4, 0.5) is 11.5 Å². The first-order valence-electron chi connectivity index (χ1n) is 9.51. The van der Waals surface area contributed by atoms with Gasteiger partial charge in [-0.2, -0.15) is 4.31 Å². The molecule has 0 unspecified atom stereocenters. The minimum Gasteiger partial charge on any atom is -0.481 e. The van der Waals surface area contributed by atoms with Crippen molar-refractivity contribution in [2.45, 2.75) is 6.42 Å². The number of hydrogen-bond acceptors (Lipinski definition) is 7. The van der Waals surface area contributed by atoms with E-state index in [0.717, 1.165) is 28.2 Å². The number of nitrogens with zero attached hydrogens (tertiary/aromatic N) is 5. The van der Waals surface area contributed by atoms with Gasteiger partial charge in [0.05, 0.1) is 46.8 Å². The second-order valence-corrected chi connectivity index (χ2v) is 9.97. The molecule has 0 saturated heterocycles. The third-order valence-corrected chi connectivity index (χ3v) is 7.06. The van der Waals surface area contributed by atoms with Gasteiger partial charge in [0, 0.05) is 44.7 Å². The Bertz CT molecular complexity index is 1130. The third kappa shape index (κ3) is 5.57. The predicted molar refractivity (Wildman–Crippen MR) is 124 cm³/mol. The van der Waals surface area contributed by atoms with Gasteiger partial charge >= 0.3 is 5.97 Å². The summed E-state index contributed by atoms with van der Waals surface area (Å²) < 4.78 is 25.2. The summed E-state index contributed by atoms with van der Waals surface area (Å²) in [5.41, 5.74) is 1.41. The minimum absolute atomic E-state index is 0.0932. The molecule has 1 aliphatic heterocycles. The topological polar surface area (TPSA) is 106 Å². The maximum absolute atomic E-state index is 12.0. The lowest BCUT2D eigenvalue weighted by molar-refractivity contribution is -0.137. The van der Waals surface area contributed by atoms with Crippen molar-refractivity contribution >= 4 is 67.9 Å². The summed E-state index contributed by atoms with van der Waals surface area (Å²) in [6, 6.07) is 5.48. The molecule has 9 nitrogen and oxygen atoms in total. The fourth-order valence-electron chi connectivity index (χ4n) is 3.24. The molecule has 1 N–H and O–H groups in total. The van der Waals surface area contributed by atoms with Gasteiger partial charge in [-0.3, -0.25) is 9.79 Å². The number of likely N-dealkylation sites (N-methyl/N-ethyl adjacent to an activating group) is 1. The average molecular weight is 488 g/mol. The van der Waals surface area contributed by atoms with Crippen LogP contribution < -0.4 is 9.80 Å². The molecule has 0 bridgehead atoms. The number of rotatable bonds is 9. The number of pyridine rings is 1. The number of halogens is 2. The molecule has 0 radical (unpaired) electrons. The summed E-state index contributed by atoms with van der Waals surface area (Å²) >= 11 is 12.6. The number of aliphatic carboxylic acids is 1. The van der Waals surface area contributed by atoms with E-state index in [0.29, 0.717) is 34.5 Å². The van der Waals surface area contributed by atoms with Crippen LogP contribution in [0.15, 0.2) is 23.2 Å². The summed E-state index contributed by atoms with van der Waals surface area (Å²) in [6.45, 7) is 1.73. The standard InChI is InChI=1S/C19H23Cl2N5O4S/c1-24(9-10-26(31(2,29)30)7-5-17(27)28)16-11-15(25-8-6-22-12-25)13-3-4-14(20)18(21)19(13)23-16/h3-4,11-12H,5-10H2,1-2H3,(H,27,28). The first-order chi connectivity index (χ1) is 14.6. The first-order valence-corrected chi connectivity index (χ1v) is 12.1. The average Bonchev–Trinajstić information content (AvgIpc) is 3.23. The number of carbonyl (C=O) groups is 1. The maximum Gasteiger partial charge on any atom is 0.304 e. The number of anilines is 2. The monoisotopic (exact) mass is 487 g/mol. The fourth-order valence-corrected chi connectivity index (χ4v) is 4.43. The van der Waals surface area contributed by atoms with Gasteiger partial charge < -0.3 is 14.9 Å². The minimum atomic E-state index is -3.55. The molecule has 0 amide bonds. The molecule has 168 valence electrons. The van der Waals surface area contributed by atoms with E-state index < -0.39 is 16.0 Å². The van der Waals surface area contributed by atoms with Gasteiger partial charge in [-0.05, 0) is 12.1 Å². The van der Waals surface area contributed by atoms with Crippen LogP contribution >= 0.6 is 23.2 Å². The number of hydrogen-bond donors (Lipinski definition) is 1. The number of benzene rings is 1. The Morgan fingerprint density at radius 1 is 1.26 bits per heavy atom. The molecule has 0 saturated carbocycles. The molecule has 0 aliphatic carbocycles. The fraction of sp³-hybridized carbons (Fsp3) is 0.421. The molecule has 0 atom stereocenters. The largest absolute Gasteiger partial charge is 0.481 e. The number of carboxylic acid groups (broad SMARTS) is 1. The highest BCUT2D eigenvalue weighted by Gasteiger charge is 2.21. The Morgan fingerprint density at radius 2 is 2.00 bits per heavy atom. The van der Waals surface area contributed by atoms with Crippen LogP contribution in [0.3, 0.4) is 0 Å². The van der Waals surface area contributed by atoms with Crippen molar-refractivity contribution in [3.8, 4) is 0 Å². The number of fused-ring (bicyclic) bond motifs is 1. The lowest BCUT2D eigenvalue weighted by Gasteiger charge is -2.26. The molecule has 1 aromatic carbocycles. The normalized spacial score (nSPS) is 14.0. The molecule has 0 fully saturated rings. The van der Waals surface area contributed by atoms with Crippen LogP contribution in [0.5, 0.6) is 0 Å². The van der Waals surface area contributed by atoms with E-state index in [2.05, 4.69) is 9.98 Å². The van der Waals surface area contributed by atoms with Gasteiger partial charge in [0.15, 0.2) is 0 Å². The molecule has 31 heavy (non-hydrogen) atoms. The zero-order chi connectivity index (χ0) is 22.8. The van der Waals surface area contributed by atoms with Crippen LogP contribution in [0.1, 0.15) is 6.42 Å². The molecule has 2 heterocycles. The Morgan fingerprint density at radius 3 is 2.61 bits per heavy atom. The quantitative estimate of drug-likeness (QED) is 0.578. The van der Waals surface area contributed by atoms with E-state index >= 15 is 0 Å². The van der Waals surface area contributed by atoms with E-state index in [1.54, 1.807) is 24.4 Å². The van der Waals surface area contributed by atoms with Crippen molar-refractivity contribution < 1.29 is 18.3 Å². The molecule has 1 aliphatic rings.